The molecule has 2 rings (SSSR count). The van der Waals surface area contributed by atoms with E-state index in [1.807, 2.05) is 30.3 Å². The van der Waals surface area contributed by atoms with Gasteiger partial charge in [0.15, 0.2) is 0 Å². The van der Waals surface area contributed by atoms with Crippen LogP contribution in [0.15, 0.2) is 54.6 Å². The molecule has 6 heteroatoms. The average Bonchev–Trinajstić information content (AvgIpc) is 2.61. The number of hydrogen-bond donors (Lipinski definition) is 2. The summed E-state index contributed by atoms with van der Waals surface area (Å²) in [6.07, 6.45) is 0.524. The summed E-state index contributed by atoms with van der Waals surface area (Å²) in [4.78, 5) is 23.1. The van der Waals surface area contributed by atoms with Crippen LogP contribution in [0.4, 0.5) is 4.39 Å². The van der Waals surface area contributed by atoms with Crippen LogP contribution in [0, 0.1) is 5.82 Å². The maximum atomic E-state index is 12.8. The van der Waals surface area contributed by atoms with E-state index in [2.05, 4.69) is 5.32 Å². The van der Waals surface area contributed by atoms with E-state index in [-0.39, 0.29) is 18.2 Å². The molecule has 1 unspecified atom stereocenters. The predicted octanol–water partition coefficient (Wildman–Crippen LogP) is 2.80. The highest BCUT2D eigenvalue weighted by Crippen LogP contribution is 2.13. The lowest BCUT2D eigenvalue weighted by atomic mass is 10.1. The average molecular weight is 345 g/mol. The number of aliphatic carboxylic acids is 1. The van der Waals surface area contributed by atoms with Crippen molar-refractivity contribution in [1.82, 2.24) is 5.32 Å². The molecule has 0 aliphatic heterocycles. The van der Waals surface area contributed by atoms with Gasteiger partial charge in [-0.2, -0.15) is 0 Å². The van der Waals surface area contributed by atoms with Crippen LogP contribution in [0.25, 0.3) is 0 Å². The molecule has 0 radical (unpaired) electrons. The van der Waals surface area contributed by atoms with E-state index >= 15 is 0 Å². The summed E-state index contributed by atoms with van der Waals surface area (Å²) in [5, 5.41) is 11.7. The minimum absolute atomic E-state index is 0.156. The Labute approximate surface area is 145 Å². The molecule has 0 aromatic heterocycles. The van der Waals surface area contributed by atoms with E-state index < -0.39 is 17.9 Å². The Morgan fingerprint density at radius 2 is 1.76 bits per heavy atom. The van der Waals surface area contributed by atoms with Gasteiger partial charge in [-0.3, -0.25) is 4.79 Å². The number of benzene rings is 2. The van der Waals surface area contributed by atoms with Crippen LogP contribution in [0.1, 0.15) is 18.4 Å². The molecule has 0 bridgehead atoms. The van der Waals surface area contributed by atoms with Gasteiger partial charge < -0.3 is 15.2 Å². The second-order valence-electron chi connectivity index (χ2n) is 5.54. The smallest absolute Gasteiger partial charge is 0.346 e. The molecule has 0 saturated heterocycles. The molecular weight excluding hydrogens is 325 g/mol. The molecule has 0 aliphatic carbocycles. The Balaban J connectivity index is 1.75. The quantitative estimate of drug-likeness (QED) is 0.733. The molecule has 0 aliphatic rings. The zero-order valence-corrected chi connectivity index (χ0v) is 13.7. The summed E-state index contributed by atoms with van der Waals surface area (Å²) < 4.78 is 18.1. The number of carboxylic acids is 1. The maximum absolute atomic E-state index is 12.8. The lowest BCUT2D eigenvalue weighted by Gasteiger charge is -2.16. The summed E-state index contributed by atoms with van der Waals surface area (Å²) in [6.45, 7) is -0.156. The largest absolute Gasteiger partial charge is 0.478 e. The highest BCUT2D eigenvalue weighted by molar-refractivity contribution is 5.78. The maximum Gasteiger partial charge on any atom is 0.346 e. The lowest BCUT2D eigenvalue weighted by Crippen LogP contribution is -2.40. The Bertz CT molecular complexity index is 688. The van der Waals surface area contributed by atoms with Crippen molar-refractivity contribution in [3.05, 3.63) is 66.0 Å². The van der Waals surface area contributed by atoms with Gasteiger partial charge in [0.1, 0.15) is 11.6 Å². The van der Waals surface area contributed by atoms with Crippen LogP contribution in [-0.2, 0) is 16.0 Å². The van der Waals surface area contributed by atoms with Crippen molar-refractivity contribution < 1.29 is 23.8 Å². The summed E-state index contributed by atoms with van der Waals surface area (Å²) in [7, 11) is 0. The topological polar surface area (TPSA) is 75.6 Å². The van der Waals surface area contributed by atoms with Crippen LogP contribution >= 0.6 is 0 Å². The van der Waals surface area contributed by atoms with E-state index in [1.165, 1.54) is 24.3 Å². The van der Waals surface area contributed by atoms with E-state index in [9.17, 15) is 19.1 Å². The second kappa shape index (κ2) is 9.42. The number of carbonyl (C=O) groups excluding carboxylic acids is 1. The van der Waals surface area contributed by atoms with E-state index in [0.717, 1.165) is 12.0 Å². The molecule has 0 fully saturated rings. The third-order valence-electron chi connectivity index (χ3n) is 3.56. The number of ether oxygens (including phenoxy) is 1. The monoisotopic (exact) mass is 345 g/mol. The van der Waals surface area contributed by atoms with Crippen molar-refractivity contribution in [2.75, 3.05) is 6.54 Å². The van der Waals surface area contributed by atoms with Crippen LogP contribution in [0.5, 0.6) is 5.75 Å². The molecule has 5 nitrogen and oxygen atoms in total. The first-order valence-electron chi connectivity index (χ1n) is 8.00. The Morgan fingerprint density at radius 3 is 2.40 bits per heavy atom. The Morgan fingerprint density at radius 1 is 1.08 bits per heavy atom. The van der Waals surface area contributed by atoms with Gasteiger partial charge in [0, 0.05) is 6.42 Å². The summed E-state index contributed by atoms with van der Waals surface area (Å²) >= 11 is 0. The van der Waals surface area contributed by atoms with Gasteiger partial charge in [-0.1, -0.05) is 30.3 Å². The standard InChI is InChI=1S/C19H20FNO4/c20-15-9-11-16(12-10-15)25-17(19(23)24)13-21-18(22)8-4-7-14-5-2-1-3-6-14/h1-3,5-6,9-12,17H,4,7-8,13H2,(H,21,22)(H,23,24). The summed E-state index contributed by atoms with van der Waals surface area (Å²) in [6, 6.07) is 14.8. The third kappa shape index (κ3) is 6.63. The van der Waals surface area contributed by atoms with Crippen molar-refractivity contribution in [2.45, 2.75) is 25.4 Å². The highest BCUT2D eigenvalue weighted by Gasteiger charge is 2.20. The predicted molar refractivity (Wildman–Crippen MR) is 90.8 cm³/mol. The Hall–Kier alpha value is -2.89. The minimum atomic E-state index is -1.23. The van der Waals surface area contributed by atoms with Crippen LogP contribution in [0.2, 0.25) is 0 Å². The van der Waals surface area contributed by atoms with Crippen LogP contribution in [-0.4, -0.2) is 29.6 Å². The van der Waals surface area contributed by atoms with Crippen molar-refractivity contribution in [1.29, 1.82) is 0 Å². The van der Waals surface area contributed by atoms with E-state index in [4.69, 9.17) is 4.74 Å². The van der Waals surface area contributed by atoms with Crippen LogP contribution in [0.3, 0.4) is 0 Å². The number of carboxylic acid groups (broad SMARTS) is 1. The fourth-order valence-electron chi connectivity index (χ4n) is 2.25. The molecule has 2 aromatic rings. The number of amides is 1. The molecule has 1 atom stereocenters. The number of carbonyl (C=O) groups is 2. The SMILES string of the molecule is O=C(CCCc1ccccc1)NCC(Oc1ccc(F)cc1)C(=O)O. The molecule has 2 N–H and O–H groups in total. The van der Waals surface area contributed by atoms with Crippen molar-refractivity contribution in [3.8, 4) is 5.75 Å². The van der Waals surface area contributed by atoms with Gasteiger partial charge >= 0.3 is 5.97 Å². The van der Waals surface area contributed by atoms with Crippen molar-refractivity contribution in [3.63, 3.8) is 0 Å². The zero-order chi connectivity index (χ0) is 18.1. The number of rotatable bonds is 9. The summed E-state index contributed by atoms with van der Waals surface area (Å²) in [5.41, 5.74) is 1.15. The fraction of sp³-hybridized carbons (Fsp3) is 0.263. The molecule has 0 saturated carbocycles. The number of aryl methyl sites for hydroxylation is 1. The number of hydrogen-bond acceptors (Lipinski definition) is 3. The van der Waals surface area contributed by atoms with Crippen LogP contribution < -0.4 is 10.1 Å². The van der Waals surface area contributed by atoms with Gasteiger partial charge in [0.2, 0.25) is 12.0 Å². The molecule has 2 aromatic carbocycles. The number of nitrogens with one attached hydrogen (secondary N) is 1. The zero-order valence-electron chi connectivity index (χ0n) is 13.7. The van der Waals surface area contributed by atoms with E-state index in [1.54, 1.807) is 0 Å². The molecule has 1 amide bonds. The minimum Gasteiger partial charge on any atom is -0.478 e. The van der Waals surface area contributed by atoms with Gasteiger partial charge in [-0.15, -0.1) is 0 Å². The van der Waals surface area contributed by atoms with Gasteiger partial charge in [-0.25, -0.2) is 9.18 Å². The first-order chi connectivity index (χ1) is 12.0. The summed E-state index contributed by atoms with van der Waals surface area (Å²) in [5.74, 6) is -1.64. The normalized spacial score (nSPS) is 11.6. The molecule has 0 spiro atoms. The second-order valence-corrected chi connectivity index (χ2v) is 5.54. The molecular formula is C19H20FNO4. The Kier molecular flexibility index (Phi) is 6.95. The molecule has 0 heterocycles. The van der Waals surface area contributed by atoms with Crippen molar-refractivity contribution >= 4 is 11.9 Å². The first kappa shape index (κ1) is 18.4. The highest BCUT2D eigenvalue weighted by atomic mass is 19.1. The van der Waals surface area contributed by atoms with Gasteiger partial charge in [0.25, 0.3) is 0 Å². The van der Waals surface area contributed by atoms with E-state index in [0.29, 0.717) is 12.8 Å². The molecule has 132 valence electrons. The fourth-order valence-corrected chi connectivity index (χ4v) is 2.25. The van der Waals surface area contributed by atoms with Crippen molar-refractivity contribution in [2.24, 2.45) is 0 Å². The molecule has 25 heavy (non-hydrogen) atoms. The number of halogens is 1. The first-order valence-corrected chi connectivity index (χ1v) is 8.00. The third-order valence-corrected chi connectivity index (χ3v) is 3.56. The van der Waals surface area contributed by atoms with Gasteiger partial charge in [0.05, 0.1) is 6.54 Å². The van der Waals surface area contributed by atoms with Gasteiger partial charge in [-0.05, 0) is 42.7 Å². The lowest BCUT2D eigenvalue weighted by molar-refractivity contribution is -0.145.